The highest BCUT2D eigenvalue weighted by molar-refractivity contribution is 7.09. The summed E-state index contributed by atoms with van der Waals surface area (Å²) in [4.78, 5) is 7.09. The standard InChI is InChI=1S/C12H19ClN2S/c1-10-5-3-2-4-6-15(10)8-12-14-11(7-13)9-16-12/h9-10H,2-8H2,1H3. The van der Waals surface area contributed by atoms with Crippen molar-refractivity contribution in [2.75, 3.05) is 6.54 Å². The van der Waals surface area contributed by atoms with Crippen molar-refractivity contribution in [2.45, 2.75) is 51.1 Å². The Kier molecular flexibility index (Phi) is 4.62. The van der Waals surface area contributed by atoms with Crippen molar-refractivity contribution >= 4 is 22.9 Å². The lowest BCUT2D eigenvalue weighted by Crippen LogP contribution is -2.31. The van der Waals surface area contributed by atoms with Crippen LogP contribution in [0.5, 0.6) is 0 Å². The summed E-state index contributed by atoms with van der Waals surface area (Å²) in [5.41, 5.74) is 1.02. The number of halogens is 1. The highest BCUT2D eigenvalue weighted by Crippen LogP contribution is 2.20. The summed E-state index contributed by atoms with van der Waals surface area (Å²) in [6, 6.07) is 0.700. The molecule has 1 aromatic rings. The first kappa shape index (κ1) is 12.3. The van der Waals surface area contributed by atoms with E-state index in [1.165, 1.54) is 37.2 Å². The van der Waals surface area contributed by atoms with Crippen molar-refractivity contribution in [3.63, 3.8) is 0 Å². The summed E-state index contributed by atoms with van der Waals surface area (Å²) in [6.07, 6.45) is 5.42. The zero-order chi connectivity index (χ0) is 11.4. The van der Waals surface area contributed by atoms with Crippen LogP contribution in [0.3, 0.4) is 0 Å². The maximum atomic E-state index is 5.77. The lowest BCUT2D eigenvalue weighted by atomic mass is 10.1. The van der Waals surface area contributed by atoms with E-state index in [-0.39, 0.29) is 0 Å². The summed E-state index contributed by atoms with van der Waals surface area (Å²) in [6.45, 7) is 4.56. The zero-order valence-electron chi connectivity index (χ0n) is 9.79. The van der Waals surface area contributed by atoms with Crippen molar-refractivity contribution < 1.29 is 0 Å². The number of likely N-dealkylation sites (tertiary alicyclic amines) is 1. The first-order valence-corrected chi connectivity index (χ1v) is 7.44. The van der Waals surface area contributed by atoms with Gasteiger partial charge in [0.05, 0.1) is 18.1 Å². The van der Waals surface area contributed by atoms with Gasteiger partial charge in [0.1, 0.15) is 5.01 Å². The number of hydrogen-bond acceptors (Lipinski definition) is 3. The molecule has 1 aliphatic heterocycles. The molecule has 0 radical (unpaired) electrons. The normalized spacial score (nSPS) is 23.2. The van der Waals surface area contributed by atoms with Gasteiger partial charge in [-0.2, -0.15) is 0 Å². The van der Waals surface area contributed by atoms with Crippen LogP contribution in [-0.4, -0.2) is 22.5 Å². The fourth-order valence-corrected chi connectivity index (χ4v) is 3.27. The first-order chi connectivity index (χ1) is 7.79. The molecule has 1 aliphatic rings. The van der Waals surface area contributed by atoms with E-state index in [0.29, 0.717) is 11.9 Å². The van der Waals surface area contributed by atoms with E-state index >= 15 is 0 Å². The molecule has 2 heterocycles. The molecule has 4 heteroatoms. The average molecular weight is 259 g/mol. The fraction of sp³-hybridized carbons (Fsp3) is 0.750. The third kappa shape index (κ3) is 3.19. The molecule has 0 aromatic carbocycles. The monoisotopic (exact) mass is 258 g/mol. The lowest BCUT2D eigenvalue weighted by molar-refractivity contribution is 0.204. The number of hydrogen-bond donors (Lipinski definition) is 0. The van der Waals surface area contributed by atoms with E-state index in [1.807, 2.05) is 0 Å². The largest absolute Gasteiger partial charge is 0.294 e. The molecule has 0 aliphatic carbocycles. The van der Waals surface area contributed by atoms with E-state index < -0.39 is 0 Å². The van der Waals surface area contributed by atoms with Crippen LogP contribution in [0, 0.1) is 0 Å². The molecule has 1 unspecified atom stereocenters. The number of rotatable bonds is 3. The quantitative estimate of drug-likeness (QED) is 0.770. The Morgan fingerprint density at radius 2 is 2.38 bits per heavy atom. The third-order valence-electron chi connectivity index (χ3n) is 3.27. The molecular weight excluding hydrogens is 240 g/mol. The second-order valence-corrected chi connectivity index (χ2v) is 5.74. The van der Waals surface area contributed by atoms with Gasteiger partial charge in [-0.3, -0.25) is 4.90 Å². The molecular formula is C12H19ClN2S. The Hall–Kier alpha value is -0.120. The van der Waals surface area contributed by atoms with Gasteiger partial charge >= 0.3 is 0 Å². The SMILES string of the molecule is CC1CCCCCN1Cc1nc(CCl)cs1. The molecule has 1 fully saturated rings. The van der Waals surface area contributed by atoms with E-state index in [2.05, 4.69) is 22.2 Å². The van der Waals surface area contributed by atoms with Gasteiger partial charge < -0.3 is 0 Å². The molecule has 2 nitrogen and oxygen atoms in total. The van der Waals surface area contributed by atoms with Crippen molar-refractivity contribution in [2.24, 2.45) is 0 Å². The average Bonchev–Trinajstić information content (AvgIpc) is 2.65. The van der Waals surface area contributed by atoms with Gasteiger partial charge in [-0.15, -0.1) is 22.9 Å². The van der Waals surface area contributed by atoms with Gasteiger partial charge in [0.25, 0.3) is 0 Å². The summed E-state index contributed by atoms with van der Waals surface area (Å²) < 4.78 is 0. The van der Waals surface area contributed by atoms with Crippen LogP contribution >= 0.6 is 22.9 Å². The molecule has 0 N–H and O–H groups in total. The molecule has 0 bridgehead atoms. The van der Waals surface area contributed by atoms with Crippen molar-refractivity contribution in [1.82, 2.24) is 9.88 Å². The number of thiazole rings is 1. The number of alkyl halides is 1. The Labute approximate surface area is 107 Å². The topological polar surface area (TPSA) is 16.1 Å². The van der Waals surface area contributed by atoms with Crippen LogP contribution in [-0.2, 0) is 12.4 Å². The molecule has 2 rings (SSSR count). The van der Waals surface area contributed by atoms with Crippen molar-refractivity contribution in [3.05, 3.63) is 16.1 Å². The van der Waals surface area contributed by atoms with Gasteiger partial charge in [0.2, 0.25) is 0 Å². The maximum Gasteiger partial charge on any atom is 0.107 e. The van der Waals surface area contributed by atoms with Gasteiger partial charge in [0.15, 0.2) is 0 Å². The Morgan fingerprint density at radius 1 is 1.50 bits per heavy atom. The smallest absolute Gasteiger partial charge is 0.107 e. The van der Waals surface area contributed by atoms with Gasteiger partial charge in [0, 0.05) is 11.4 Å². The predicted molar refractivity (Wildman–Crippen MR) is 70.0 cm³/mol. The van der Waals surface area contributed by atoms with E-state index in [0.717, 1.165) is 12.2 Å². The second kappa shape index (κ2) is 5.99. The summed E-state index contributed by atoms with van der Waals surface area (Å²) in [7, 11) is 0. The number of aromatic nitrogens is 1. The van der Waals surface area contributed by atoms with Crippen molar-refractivity contribution in [1.29, 1.82) is 0 Å². The predicted octanol–water partition coefficient (Wildman–Crippen LogP) is 3.65. The van der Waals surface area contributed by atoms with Crippen molar-refractivity contribution in [3.8, 4) is 0 Å². The summed E-state index contributed by atoms with van der Waals surface area (Å²) in [5.74, 6) is 0.534. The minimum Gasteiger partial charge on any atom is -0.294 e. The fourth-order valence-electron chi connectivity index (χ4n) is 2.23. The van der Waals surface area contributed by atoms with Crippen LogP contribution in [0.15, 0.2) is 5.38 Å². The summed E-state index contributed by atoms with van der Waals surface area (Å²) in [5, 5.41) is 3.29. The van der Waals surface area contributed by atoms with Crippen LogP contribution in [0.25, 0.3) is 0 Å². The summed E-state index contributed by atoms with van der Waals surface area (Å²) >= 11 is 7.51. The lowest BCUT2D eigenvalue weighted by Gasteiger charge is -2.25. The molecule has 1 saturated heterocycles. The van der Waals surface area contributed by atoms with Crippen LogP contribution in [0.4, 0.5) is 0 Å². The zero-order valence-corrected chi connectivity index (χ0v) is 11.4. The highest BCUT2D eigenvalue weighted by atomic mass is 35.5. The highest BCUT2D eigenvalue weighted by Gasteiger charge is 2.17. The van der Waals surface area contributed by atoms with Crippen LogP contribution in [0.1, 0.15) is 43.3 Å². The molecule has 0 spiro atoms. The minimum atomic E-state index is 0.534. The van der Waals surface area contributed by atoms with E-state index in [4.69, 9.17) is 11.6 Å². The van der Waals surface area contributed by atoms with Crippen LogP contribution in [0.2, 0.25) is 0 Å². The molecule has 0 amide bonds. The van der Waals surface area contributed by atoms with Crippen LogP contribution < -0.4 is 0 Å². The number of nitrogens with zero attached hydrogens (tertiary/aromatic N) is 2. The molecule has 0 saturated carbocycles. The van der Waals surface area contributed by atoms with E-state index in [9.17, 15) is 0 Å². The molecule has 1 aromatic heterocycles. The Bertz CT molecular complexity index is 327. The molecule has 16 heavy (non-hydrogen) atoms. The minimum absolute atomic E-state index is 0.534. The van der Waals surface area contributed by atoms with Gasteiger partial charge in [-0.1, -0.05) is 12.8 Å². The molecule has 1 atom stereocenters. The Balaban J connectivity index is 1.96. The van der Waals surface area contributed by atoms with Gasteiger partial charge in [-0.25, -0.2) is 4.98 Å². The van der Waals surface area contributed by atoms with E-state index in [1.54, 1.807) is 11.3 Å². The maximum absolute atomic E-state index is 5.77. The second-order valence-electron chi connectivity index (χ2n) is 4.54. The Morgan fingerprint density at radius 3 is 3.12 bits per heavy atom. The third-order valence-corrected chi connectivity index (χ3v) is 4.42. The first-order valence-electron chi connectivity index (χ1n) is 6.03. The van der Waals surface area contributed by atoms with Gasteiger partial charge in [-0.05, 0) is 26.3 Å². The molecule has 90 valence electrons.